The molecule has 0 radical (unpaired) electrons. The minimum atomic E-state index is -3.77. The van der Waals surface area contributed by atoms with Crippen molar-refractivity contribution in [1.29, 1.82) is 0 Å². The minimum Gasteiger partial charge on any atom is -0.490 e. The second-order valence-corrected chi connectivity index (χ2v) is 10.5. The van der Waals surface area contributed by atoms with Crippen LogP contribution >= 0.6 is 0 Å². The Labute approximate surface area is 190 Å². The Morgan fingerprint density at radius 1 is 1.00 bits per heavy atom. The van der Waals surface area contributed by atoms with Gasteiger partial charge in [-0.05, 0) is 47.9 Å². The van der Waals surface area contributed by atoms with Crippen molar-refractivity contribution < 1.29 is 27.5 Å². The van der Waals surface area contributed by atoms with E-state index >= 15 is 0 Å². The van der Waals surface area contributed by atoms with Crippen LogP contribution in [0.1, 0.15) is 53.4 Å². The van der Waals surface area contributed by atoms with E-state index in [2.05, 4.69) is 18.6 Å². The lowest BCUT2D eigenvalue weighted by atomic mass is 9.91. The fourth-order valence-corrected chi connectivity index (χ4v) is 5.00. The van der Waals surface area contributed by atoms with Crippen molar-refractivity contribution in [2.45, 2.75) is 58.3 Å². The number of Topliss-reactive ketones (excluding diaryl/α,β-unsaturated/α-hetero) is 1. The molecule has 0 saturated heterocycles. The quantitative estimate of drug-likeness (QED) is 0.183. The summed E-state index contributed by atoms with van der Waals surface area (Å²) in [6.07, 6.45) is 4.58. The molecule has 0 saturated carbocycles. The molecule has 0 spiro atoms. The SMILES string of the molecule is CCCCOc1cc2ccc(S(=O)(=O)CC(C)(C)C(=O)C=[N+]=[N-])cc2cc1OCCCC. The second-order valence-electron chi connectivity index (χ2n) is 8.46. The third-order valence-corrected chi connectivity index (χ3v) is 7.21. The van der Waals surface area contributed by atoms with E-state index in [-0.39, 0.29) is 4.90 Å². The number of ketones is 1. The smallest absolute Gasteiger partial charge is 0.323 e. The molecule has 32 heavy (non-hydrogen) atoms. The molecule has 0 amide bonds. The van der Waals surface area contributed by atoms with Gasteiger partial charge in [0.25, 0.3) is 0 Å². The number of carbonyl (C=O) groups excluding carboxylic acids is 1. The van der Waals surface area contributed by atoms with E-state index in [1.54, 1.807) is 18.2 Å². The van der Waals surface area contributed by atoms with Crippen LogP contribution in [-0.4, -0.2) is 44.2 Å². The largest absolute Gasteiger partial charge is 0.490 e. The molecule has 0 fully saturated rings. The van der Waals surface area contributed by atoms with Gasteiger partial charge in [0.15, 0.2) is 21.3 Å². The standard InChI is InChI=1S/C24H32N2O5S/c1-5-7-11-30-21-14-18-9-10-20(13-19(18)15-22(21)31-12-8-6-2)32(28,29)17-24(3,4)23(27)16-26-25/h9-10,13-16H,5-8,11-12,17H2,1-4H3. The van der Waals surface area contributed by atoms with Gasteiger partial charge in [0.1, 0.15) is 0 Å². The van der Waals surface area contributed by atoms with Gasteiger partial charge in [-0.2, -0.15) is 4.79 Å². The highest BCUT2D eigenvalue weighted by molar-refractivity contribution is 7.91. The van der Waals surface area contributed by atoms with Crippen molar-refractivity contribution in [2.24, 2.45) is 5.41 Å². The maximum Gasteiger partial charge on any atom is 0.323 e. The van der Waals surface area contributed by atoms with Crippen LogP contribution in [0.25, 0.3) is 16.3 Å². The summed E-state index contributed by atoms with van der Waals surface area (Å²) >= 11 is 0. The maximum atomic E-state index is 13.0. The summed E-state index contributed by atoms with van der Waals surface area (Å²) < 4.78 is 37.9. The Balaban J connectivity index is 2.41. The van der Waals surface area contributed by atoms with Crippen molar-refractivity contribution >= 4 is 32.6 Å². The van der Waals surface area contributed by atoms with E-state index < -0.39 is 26.8 Å². The Morgan fingerprint density at radius 3 is 2.09 bits per heavy atom. The Kier molecular flexibility index (Phi) is 8.99. The molecule has 8 heteroatoms. The second kappa shape index (κ2) is 11.2. The normalized spacial score (nSPS) is 11.8. The fraction of sp³-hybridized carbons (Fsp3) is 0.500. The Morgan fingerprint density at radius 2 is 1.56 bits per heavy atom. The van der Waals surface area contributed by atoms with Crippen LogP contribution < -0.4 is 9.47 Å². The summed E-state index contributed by atoms with van der Waals surface area (Å²) in [5.41, 5.74) is 7.37. The van der Waals surface area contributed by atoms with Crippen LogP contribution in [0.2, 0.25) is 0 Å². The van der Waals surface area contributed by atoms with Gasteiger partial charge < -0.3 is 15.0 Å². The first kappa shape index (κ1) is 25.6. The van der Waals surface area contributed by atoms with Gasteiger partial charge in [-0.15, -0.1) is 0 Å². The molecular formula is C24H32N2O5S. The van der Waals surface area contributed by atoms with Crippen molar-refractivity contribution in [3.05, 3.63) is 35.9 Å². The summed E-state index contributed by atoms with van der Waals surface area (Å²) in [6, 6.07) is 8.53. The predicted octanol–water partition coefficient (Wildman–Crippen LogP) is 4.87. The molecule has 7 nitrogen and oxygen atoms in total. The molecule has 2 aromatic rings. The monoisotopic (exact) mass is 460 g/mol. The number of nitrogens with zero attached hydrogens (tertiary/aromatic N) is 2. The molecule has 0 atom stereocenters. The number of sulfone groups is 1. The zero-order chi connectivity index (χ0) is 23.8. The molecule has 174 valence electrons. The molecule has 0 bridgehead atoms. The first-order valence-corrected chi connectivity index (χ1v) is 12.6. The number of carbonyl (C=O) groups is 1. The van der Waals surface area contributed by atoms with Gasteiger partial charge in [0.2, 0.25) is 5.78 Å². The van der Waals surface area contributed by atoms with Gasteiger partial charge in [0.05, 0.1) is 23.9 Å². The molecule has 0 aromatic heterocycles. The summed E-state index contributed by atoms with van der Waals surface area (Å²) in [5.74, 6) is 0.262. The topological polar surface area (TPSA) is 106 Å². The maximum absolute atomic E-state index is 13.0. The molecule has 0 aliphatic rings. The van der Waals surface area contributed by atoms with Crippen molar-refractivity contribution in [1.82, 2.24) is 0 Å². The summed E-state index contributed by atoms with van der Waals surface area (Å²) in [7, 11) is -3.77. The van der Waals surface area contributed by atoms with Crippen LogP contribution in [0.5, 0.6) is 11.5 Å². The van der Waals surface area contributed by atoms with Crippen LogP contribution in [0, 0.1) is 5.41 Å². The number of benzene rings is 2. The molecule has 2 rings (SSSR count). The first-order chi connectivity index (χ1) is 15.1. The minimum absolute atomic E-state index is 0.117. The Hall–Kier alpha value is -2.70. The van der Waals surface area contributed by atoms with E-state index in [1.807, 2.05) is 6.07 Å². The number of fused-ring (bicyclic) bond motifs is 1. The van der Waals surface area contributed by atoms with E-state index in [1.165, 1.54) is 19.9 Å². The average molecular weight is 461 g/mol. The van der Waals surface area contributed by atoms with Crippen LogP contribution in [-0.2, 0) is 14.6 Å². The number of hydrogen-bond acceptors (Lipinski definition) is 5. The van der Waals surface area contributed by atoms with Crippen molar-refractivity contribution in [2.75, 3.05) is 19.0 Å². The predicted molar refractivity (Wildman–Crippen MR) is 125 cm³/mol. The molecular weight excluding hydrogens is 428 g/mol. The summed E-state index contributed by atoms with van der Waals surface area (Å²) in [4.78, 5) is 14.9. The number of unbranched alkanes of at least 4 members (excludes halogenated alkanes) is 2. The third-order valence-electron chi connectivity index (χ3n) is 5.14. The van der Waals surface area contributed by atoms with Gasteiger partial charge in [0, 0.05) is 5.41 Å². The average Bonchev–Trinajstić information content (AvgIpc) is 2.73. The highest BCUT2D eigenvalue weighted by Gasteiger charge is 2.35. The fourth-order valence-electron chi connectivity index (χ4n) is 3.16. The van der Waals surface area contributed by atoms with Crippen molar-refractivity contribution in [3.63, 3.8) is 0 Å². The number of rotatable bonds is 13. The third kappa shape index (κ3) is 6.65. The van der Waals surface area contributed by atoms with Gasteiger partial charge in [-0.25, -0.2) is 8.42 Å². The summed E-state index contributed by atoms with van der Waals surface area (Å²) in [5, 5.41) is 1.54. The Bertz CT molecular complexity index is 1100. The van der Waals surface area contributed by atoms with Crippen LogP contribution in [0.15, 0.2) is 35.2 Å². The first-order valence-electron chi connectivity index (χ1n) is 10.9. The lowest BCUT2D eigenvalue weighted by Crippen LogP contribution is -2.33. The molecule has 2 aromatic carbocycles. The molecule has 0 heterocycles. The number of hydrogen-bond donors (Lipinski definition) is 0. The molecule has 0 aliphatic carbocycles. The zero-order valence-corrected chi connectivity index (χ0v) is 20.1. The van der Waals surface area contributed by atoms with Crippen LogP contribution in [0.4, 0.5) is 0 Å². The van der Waals surface area contributed by atoms with Gasteiger partial charge >= 0.3 is 6.21 Å². The lowest BCUT2D eigenvalue weighted by molar-refractivity contribution is -0.122. The zero-order valence-electron chi connectivity index (χ0n) is 19.3. The van der Waals surface area contributed by atoms with E-state index in [4.69, 9.17) is 15.0 Å². The number of ether oxygens (including phenoxy) is 2. The van der Waals surface area contributed by atoms with Crippen LogP contribution in [0.3, 0.4) is 0 Å². The lowest BCUT2D eigenvalue weighted by Gasteiger charge is -2.19. The van der Waals surface area contributed by atoms with Gasteiger partial charge in [-0.3, -0.25) is 4.79 Å². The van der Waals surface area contributed by atoms with E-state index in [0.717, 1.165) is 37.3 Å². The highest BCUT2D eigenvalue weighted by atomic mass is 32.2. The molecule has 0 unspecified atom stereocenters. The molecule has 0 aliphatic heterocycles. The van der Waals surface area contributed by atoms with E-state index in [9.17, 15) is 13.2 Å². The molecule has 0 N–H and O–H groups in total. The van der Waals surface area contributed by atoms with Gasteiger partial charge in [-0.1, -0.05) is 46.6 Å². The highest BCUT2D eigenvalue weighted by Crippen LogP contribution is 2.35. The van der Waals surface area contributed by atoms with E-state index in [0.29, 0.717) is 30.1 Å². The van der Waals surface area contributed by atoms with Crippen molar-refractivity contribution in [3.8, 4) is 11.5 Å². The summed E-state index contributed by atoms with van der Waals surface area (Å²) in [6.45, 7) is 8.32.